The van der Waals surface area contributed by atoms with Gasteiger partial charge in [0.15, 0.2) is 0 Å². The van der Waals surface area contributed by atoms with E-state index in [1.165, 1.54) is 39.5 Å². The average Bonchev–Trinajstić information content (AvgIpc) is 2.73. The van der Waals surface area contributed by atoms with E-state index >= 15 is 0 Å². The van der Waals surface area contributed by atoms with Gasteiger partial charge in [-0.05, 0) is 67.0 Å². The van der Waals surface area contributed by atoms with Crippen molar-refractivity contribution < 1.29 is 19.7 Å². The molecule has 0 atom stereocenters. The molecule has 158 valence electrons. The van der Waals surface area contributed by atoms with Crippen molar-refractivity contribution in [3.63, 3.8) is 0 Å². The highest BCUT2D eigenvalue weighted by atomic mass is 16.5. The molecule has 0 unspecified atom stereocenters. The SMILES string of the molecule is C=CC=O.COCCc1cc(-c2ccc(C)cc2C)ccc1CCC(CO)CO. The van der Waals surface area contributed by atoms with Gasteiger partial charge in [0.1, 0.15) is 6.29 Å². The maximum Gasteiger partial charge on any atom is 0.142 e. The lowest BCUT2D eigenvalue weighted by atomic mass is 9.91. The second kappa shape index (κ2) is 13.8. The third-order valence-electron chi connectivity index (χ3n) is 4.91. The Morgan fingerprint density at radius 3 is 2.28 bits per heavy atom. The van der Waals surface area contributed by atoms with Crippen LogP contribution in [0, 0.1) is 19.8 Å². The van der Waals surface area contributed by atoms with Gasteiger partial charge in [0.05, 0.1) is 6.61 Å². The average molecular weight is 399 g/mol. The van der Waals surface area contributed by atoms with Crippen LogP contribution in [0.4, 0.5) is 0 Å². The minimum Gasteiger partial charge on any atom is -0.396 e. The van der Waals surface area contributed by atoms with Crippen molar-refractivity contribution in [1.29, 1.82) is 0 Å². The van der Waals surface area contributed by atoms with Crippen LogP contribution >= 0.6 is 0 Å². The molecular formula is C25H34O4. The van der Waals surface area contributed by atoms with Crippen molar-refractivity contribution in [2.45, 2.75) is 33.1 Å². The van der Waals surface area contributed by atoms with Gasteiger partial charge >= 0.3 is 0 Å². The molecule has 2 aromatic rings. The van der Waals surface area contributed by atoms with Gasteiger partial charge in [0, 0.05) is 26.2 Å². The summed E-state index contributed by atoms with van der Waals surface area (Å²) >= 11 is 0. The first kappa shape index (κ1) is 24.8. The molecule has 0 fully saturated rings. The van der Waals surface area contributed by atoms with Gasteiger partial charge in [-0.15, -0.1) is 0 Å². The lowest BCUT2D eigenvalue weighted by Crippen LogP contribution is -2.12. The zero-order chi connectivity index (χ0) is 21.6. The largest absolute Gasteiger partial charge is 0.396 e. The van der Waals surface area contributed by atoms with Crippen molar-refractivity contribution in [2.75, 3.05) is 26.9 Å². The van der Waals surface area contributed by atoms with Crippen LogP contribution in [-0.2, 0) is 22.4 Å². The van der Waals surface area contributed by atoms with Crippen LogP contribution in [0.3, 0.4) is 0 Å². The van der Waals surface area contributed by atoms with E-state index in [1.807, 2.05) is 0 Å². The fourth-order valence-corrected chi connectivity index (χ4v) is 3.22. The summed E-state index contributed by atoms with van der Waals surface area (Å²) < 4.78 is 5.27. The number of benzene rings is 2. The molecule has 0 heterocycles. The number of rotatable bonds is 10. The van der Waals surface area contributed by atoms with E-state index in [9.17, 15) is 10.2 Å². The van der Waals surface area contributed by atoms with Crippen molar-refractivity contribution in [2.24, 2.45) is 5.92 Å². The van der Waals surface area contributed by atoms with Crippen LogP contribution in [-0.4, -0.2) is 43.4 Å². The maximum atomic E-state index is 9.28. The molecule has 0 aliphatic heterocycles. The number of aliphatic hydroxyl groups excluding tert-OH is 2. The first-order chi connectivity index (χ1) is 14.0. The van der Waals surface area contributed by atoms with Crippen LogP contribution in [0.15, 0.2) is 49.1 Å². The Morgan fingerprint density at radius 1 is 1.03 bits per heavy atom. The van der Waals surface area contributed by atoms with Gasteiger partial charge in [-0.1, -0.05) is 48.5 Å². The summed E-state index contributed by atoms with van der Waals surface area (Å²) in [6.07, 6.45) is 4.35. The molecule has 2 N–H and O–H groups in total. The van der Waals surface area contributed by atoms with Gasteiger partial charge in [0.25, 0.3) is 0 Å². The molecule has 2 aromatic carbocycles. The minimum atomic E-state index is -0.0469. The number of aliphatic hydroxyl groups is 2. The molecule has 2 rings (SSSR count). The number of ether oxygens (including phenoxy) is 1. The third-order valence-corrected chi connectivity index (χ3v) is 4.91. The van der Waals surface area contributed by atoms with Crippen molar-refractivity contribution in [1.82, 2.24) is 0 Å². The highest BCUT2D eigenvalue weighted by molar-refractivity contribution is 5.69. The fourth-order valence-electron chi connectivity index (χ4n) is 3.22. The summed E-state index contributed by atoms with van der Waals surface area (Å²) in [5.74, 6) is -0.0469. The molecule has 0 saturated carbocycles. The van der Waals surface area contributed by atoms with Crippen LogP contribution in [0.1, 0.15) is 28.7 Å². The molecule has 0 aliphatic rings. The number of aldehydes is 1. The second-order valence-electron chi connectivity index (χ2n) is 7.19. The Bertz CT molecular complexity index is 757. The van der Waals surface area contributed by atoms with Crippen LogP contribution in [0.2, 0.25) is 0 Å². The number of aryl methyl sites for hydroxylation is 3. The molecule has 4 heteroatoms. The van der Waals surface area contributed by atoms with E-state index in [2.05, 4.69) is 56.8 Å². The van der Waals surface area contributed by atoms with Gasteiger partial charge in [-0.25, -0.2) is 0 Å². The standard InChI is InChI=1S/C22H30O3.C3H4O/c1-16-4-9-22(17(2)12-16)21-8-7-19(6-5-18(14-23)15-24)20(13-21)10-11-25-3;1-2-3-4/h4,7-9,12-13,18,23-24H,5-6,10-11,14-15H2,1-3H3;2-3H,1H2. The summed E-state index contributed by atoms with van der Waals surface area (Å²) in [6, 6.07) is 13.2. The number of carbonyl (C=O) groups is 1. The Kier molecular flexibility index (Phi) is 11.8. The van der Waals surface area contributed by atoms with E-state index in [4.69, 9.17) is 9.53 Å². The summed E-state index contributed by atoms with van der Waals surface area (Å²) in [4.78, 5) is 9.06. The van der Waals surface area contributed by atoms with Crippen molar-refractivity contribution >= 4 is 6.29 Å². The van der Waals surface area contributed by atoms with Crippen LogP contribution in [0.25, 0.3) is 11.1 Å². The molecule has 4 nitrogen and oxygen atoms in total. The first-order valence-corrected chi connectivity index (χ1v) is 9.96. The summed E-state index contributed by atoms with van der Waals surface area (Å²) in [7, 11) is 1.72. The summed E-state index contributed by atoms with van der Waals surface area (Å²) in [6.45, 7) is 8.13. The Morgan fingerprint density at radius 2 is 1.72 bits per heavy atom. The smallest absolute Gasteiger partial charge is 0.142 e. The van der Waals surface area contributed by atoms with E-state index < -0.39 is 0 Å². The van der Waals surface area contributed by atoms with E-state index in [0.717, 1.165) is 19.3 Å². The minimum absolute atomic E-state index is 0.0323. The van der Waals surface area contributed by atoms with Crippen molar-refractivity contribution in [3.8, 4) is 11.1 Å². The zero-order valence-electron chi connectivity index (χ0n) is 17.9. The quantitative estimate of drug-likeness (QED) is 0.468. The molecular weight excluding hydrogens is 364 g/mol. The topological polar surface area (TPSA) is 66.8 Å². The normalized spacial score (nSPS) is 10.4. The predicted molar refractivity (Wildman–Crippen MR) is 119 cm³/mol. The monoisotopic (exact) mass is 398 g/mol. The molecule has 29 heavy (non-hydrogen) atoms. The lowest BCUT2D eigenvalue weighted by Gasteiger charge is -2.16. The Balaban J connectivity index is 0.000000960. The van der Waals surface area contributed by atoms with Crippen LogP contribution in [0.5, 0.6) is 0 Å². The number of carbonyl (C=O) groups excluding carboxylic acids is 1. The van der Waals surface area contributed by atoms with E-state index in [0.29, 0.717) is 12.9 Å². The highest BCUT2D eigenvalue weighted by Crippen LogP contribution is 2.27. The molecule has 0 amide bonds. The third kappa shape index (κ3) is 8.32. The van der Waals surface area contributed by atoms with E-state index in [1.54, 1.807) is 7.11 Å². The van der Waals surface area contributed by atoms with Gasteiger partial charge in [0.2, 0.25) is 0 Å². The predicted octanol–water partition coefficient (Wildman–Crippen LogP) is 4.06. The number of methoxy groups -OCH3 is 1. The summed E-state index contributed by atoms with van der Waals surface area (Å²) in [5.41, 5.74) is 7.61. The Labute approximate surface area is 174 Å². The molecule has 0 radical (unpaired) electrons. The maximum absolute atomic E-state index is 9.28. The second-order valence-corrected chi connectivity index (χ2v) is 7.19. The van der Waals surface area contributed by atoms with Gasteiger partial charge in [-0.3, -0.25) is 4.79 Å². The number of hydrogen-bond donors (Lipinski definition) is 2. The molecule has 0 spiro atoms. The van der Waals surface area contributed by atoms with Crippen molar-refractivity contribution in [3.05, 3.63) is 71.3 Å². The lowest BCUT2D eigenvalue weighted by molar-refractivity contribution is -0.104. The Hall–Kier alpha value is -2.27. The van der Waals surface area contributed by atoms with E-state index in [-0.39, 0.29) is 19.1 Å². The highest BCUT2D eigenvalue weighted by Gasteiger charge is 2.11. The molecule has 0 saturated heterocycles. The fraction of sp³-hybridized carbons (Fsp3) is 0.400. The summed E-state index contributed by atoms with van der Waals surface area (Å²) in [5, 5.41) is 18.6. The number of hydrogen-bond acceptors (Lipinski definition) is 4. The molecule has 0 bridgehead atoms. The zero-order valence-corrected chi connectivity index (χ0v) is 17.9. The van der Waals surface area contributed by atoms with Crippen LogP contribution < -0.4 is 0 Å². The molecule has 0 aliphatic carbocycles. The number of allylic oxidation sites excluding steroid dienone is 1. The molecule has 0 aromatic heterocycles. The first-order valence-electron chi connectivity index (χ1n) is 9.96. The van der Waals surface area contributed by atoms with Gasteiger partial charge < -0.3 is 14.9 Å². The van der Waals surface area contributed by atoms with Gasteiger partial charge in [-0.2, -0.15) is 0 Å².